The van der Waals surface area contributed by atoms with Crippen LogP contribution in [0.15, 0.2) is 17.2 Å². The van der Waals surface area contributed by atoms with E-state index in [1.165, 1.54) is 23.0 Å². The van der Waals surface area contributed by atoms with Crippen LogP contribution in [-0.2, 0) is 11.3 Å². The molecule has 0 saturated heterocycles. The minimum absolute atomic E-state index is 0.0539. The molecule has 0 fully saturated rings. The maximum Gasteiger partial charge on any atom is 0.270 e. The number of aryl methyl sites for hydroxylation is 1. The number of fused-ring (bicyclic) bond motifs is 1. The highest BCUT2D eigenvalue weighted by Gasteiger charge is 2.20. The van der Waals surface area contributed by atoms with Crippen LogP contribution in [0.5, 0.6) is 5.75 Å². The Labute approximate surface area is 129 Å². The fourth-order valence-electron chi connectivity index (χ4n) is 2.06. The summed E-state index contributed by atoms with van der Waals surface area (Å²) in [7, 11) is 0. The average Bonchev–Trinajstić information content (AvgIpc) is 2.83. The van der Waals surface area contributed by atoms with E-state index in [9.17, 15) is 10.1 Å². The first-order chi connectivity index (χ1) is 10.6. The zero-order valence-corrected chi connectivity index (χ0v) is 12.3. The van der Waals surface area contributed by atoms with E-state index in [4.69, 9.17) is 21.7 Å². The van der Waals surface area contributed by atoms with Gasteiger partial charge in [0.05, 0.1) is 17.7 Å². The van der Waals surface area contributed by atoms with Crippen molar-refractivity contribution in [2.24, 2.45) is 5.10 Å². The number of hydrogen-bond acceptors (Lipinski definition) is 7. The van der Waals surface area contributed by atoms with Gasteiger partial charge in [0.2, 0.25) is 4.77 Å². The van der Waals surface area contributed by atoms with Crippen molar-refractivity contribution in [2.45, 2.75) is 13.5 Å². The Balaban J connectivity index is 2.07. The summed E-state index contributed by atoms with van der Waals surface area (Å²) in [5.41, 5.74) is 1.03. The standard InChI is InChI=1S/C12H11N5O4S/c1-7-14-15-12(22)16(7)13-4-8-2-10(17(18)19)3-9-5-20-6-21-11(8)9/h2-4H,5-6H2,1H3,(H,15,22)/b13-4+. The Kier molecular flexibility index (Phi) is 3.69. The number of hydrogen-bond donors (Lipinski definition) is 1. The van der Waals surface area contributed by atoms with E-state index >= 15 is 0 Å². The highest BCUT2D eigenvalue weighted by molar-refractivity contribution is 7.71. The van der Waals surface area contributed by atoms with E-state index in [0.717, 1.165) is 0 Å². The Morgan fingerprint density at radius 2 is 2.41 bits per heavy atom. The van der Waals surface area contributed by atoms with E-state index in [-0.39, 0.29) is 19.1 Å². The van der Waals surface area contributed by atoms with Crippen molar-refractivity contribution < 1.29 is 14.4 Å². The van der Waals surface area contributed by atoms with Gasteiger partial charge in [0.25, 0.3) is 5.69 Å². The number of benzene rings is 1. The van der Waals surface area contributed by atoms with Gasteiger partial charge >= 0.3 is 0 Å². The topological polar surface area (TPSA) is 108 Å². The van der Waals surface area contributed by atoms with Crippen LogP contribution in [0, 0.1) is 21.8 Å². The number of nitro benzene ring substituents is 1. The van der Waals surface area contributed by atoms with Gasteiger partial charge in [-0.2, -0.15) is 14.9 Å². The number of non-ortho nitro benzene ring substituents is 1. The second kappa shape index (κ2) is 5.66. The molecule has 0 amide bonds. The molecule has 1 aromatic heterocycles. The van der Waals surface area contributed by atoms with Crippen molar-refractivity contribution in [3.63, 3.8) is 0 Å². The average molecular weight is 321 g/mol. The number of rotatable bonds is 3. The second-order valence-corrected chi connectivity index (χ2v) is 4.91. The van der Waals surface area contributed by atoms with E-state index in [1.807, 2.05) is 0 Å². The first-order valence-corrected chi connectivity index (χ1v) is 6.67. The predicted molar refractivity (Wildman–Crippen MR) is 78.5 cm³/mol. The molecule has 2 aromatic rings. The summed E-state index contributed by atoms with van der Waals surface area (Å²) in [6.07, 6.45) is 1.45. The summed E-state index contributed by atoms with van der Waals surface area (Å²) >= 11 is 5.05. The number of nitrogens with one attached hydrogen (secondary N) is 1. The van der Waals surface area contributed by atoms with Crippen LogP contribution in [0.2, 0.25) is 0 Å². The first kappa shape index (κ1) is 14.4. The summed E-state index contributed by atoms with van der Waals surface area (Å²) in [6.45, 7) is 2.08. The Morgan fingerprint density at radius 3 is 3.09 bits per heavy atom. The molecule has 22 heavy (non-hydrogen) atoms. The number of H-pyrrole nitrogens is 1. The molecular formula is C12H11N5O4S. The van der Waals surface area contributed by atoms with Crippen LogP contribution in [0.25, 0.3) is 0 Å². The van der Waals surface area contributed by atoms with Gasteiger partial charge in [0, 0.05) is 23.3 Å². The molecule has 1 aliphatic rings. The third kappa shape index (κ3) is 2.61. The predicted octanol–water partition coefficient (Wildman–Crippen LogP) is 1.91. The van der Waals surface area contributed by atoms with Gasteiger partial charge in [0.1, 0.15) is 11.6 Å². The molecule has 0 spiro atoms. The molecule has 1 N–H and O–H groups in total. The molecule has 0 saturated carbocycles. The molecule has 1 aromatic carbocycles. The highest BCUT2D eigenvalue weighted by Crippen LogP contribution is 2.31. The summed E-state index contributed by atoms with van der Waals surface area (Å²) in [5, 5.41) is 21.8. The van der Waals surface area contributed by atoms with E-state index < -0.39 is 4.92 Å². The van der Waals surface area contributed by atoms with Crippen molar-refractivity contribution in [3.8, 4) is 5.75 Å². The summed E-state index contributed by atoms with van der Waals surface area (Å²) in [5.74, 6) is 1.10. The van der Waals surface area contributed by atoms with Crippen molar-refractivity contribution in [1.82, 2.24) is 14.9 Å². The first-order valence-electron chi connectivity index (χ1n) is 6.26. The number of nitrogens with zero attached hydrogens (tertiary/aromatic N) is 4. The third-order valence-electron chi connectivity index (χ3n) is 3.06. The minimum atomic E-state index is -0.471. The molecule has 0 radical (unpaired) electrons. The molecule has 0 bridgehead atoms. The van der Waals surface area contributed by atoms with Crippen LogP contribution in [-0.4, -0.2) is 32.8 Å². The van der Waals surface area contributed by atoms with Gasteiger partial charge in [0.15, 0.2) is 6.79 Å². The molecule has 0 aliphatic carbocycles. The Bertz CT molecular complexity index is 825. The number of aromatic nitrogens is 3. The van der Waals surface area contributed by atoms with Gasteiger partial charge in [-0.15, -0.1) is 0 Å². The van der Waals surface area contributed by atoms with Gasteiger partial charge in [-0.3, -0.25) is 15.2 Å². The lowest BCUT2D eigenvalue weighted by atomic mass is 10.1. The molecule has 3 rings (SSSR count). The maximum absolute atomic E-state index is 11.0. The van der Waals surface area contributed by atoms with Crippen LogP contribution in [0.4, 0.5) is 5.69 Å². The van der Waals surface area contributed by atoms with Crippen LogP contribution < -0.4 is 4.74 Å². The van der Waals surface area contributed by atoms with Crippen molar-refractivity contribution >= 4 is 24.1 Å². The lowest BCUT2D eigenvalue weighted by molar-refractivity contribution is -0.385. The Morgan fingerprint density at radius 1 is 1.59 bits per heavy atom. The minimum Gasteiger partial charge on any atom is -0.466 e. The van der Waals surface area contributed by atoms with Gasteiger partial charge < -0.3 is 9.47 Å². The Hall–Kier alpha value is -2.59. The highest BCUT2D eigenvalue weighted by atomic mass is 32.1. The van der Waals surface area contributed by atoms with Crippen LogP contribution >= 0.6 is 12.2 Å². The van der Waals surface area contributed by atoms with Gasteiger partial charge in [-0.05, 0) is 19.1 Å². The lowest BCUT2D eigenvalue weighted by Gasteiger charge is -2.19. The zero-order chi connectivity index (χ0) is 15.7. The molecule has 0 atom stereocenters. The van der Waals surface area contributed by atoms with Crippen LogP contribution in [0.1, 0.15) is 17.0 Å². The molecule has 114 valence electrons. The molecule has 2 heterocycles. The summed E-state index contributed by atoms with van der Waals surface area (Å²) in [6, 6.07) is 2.83. The smallest absolute Gasteiger partial charge is 0.270 e. The SMILES string of the molecule is Cc1n[nH]c(=S)n1/N=C/c1cc([N+](=O)[O-])cc2c1OCOC2. The third-order valence-corrected chi connectivity index (χ3v) is 3.32. The fraction of sp³-hybridized carbons (Fsp3) is 0.250. The van der Waals surface area contributed by atoms with Gasteiger partial charge in [-0.1, -0.05) is 0 Å². The second-order valence-electron chi connectivity index (χ2n) is 4.52. The van der Waals surface area contributed by atoms with Crippen LogP contribution in [0.3, 0.4) is 0 Å². The monoisotopic (exact) mass is 321 g/mol. The largest absolute Gasteiger partial charge is 0.466 e. The molecular weight excluding hydrogens is 310 g/mol. The maximum atomic E-state index is 11.0. The van der Waals surface area contributed by atoms with E-state index in [2.05, 4.69) is 15.3 Å². The van der Waals surface area contributed by atoms with Crippen molar-refractivity contribution in [3.05, 3.63) is 44.0 Å². The molecule has 0 unspecified atom stereocenters. The number of ether oxygens (including phenoxy) is 2. The molecule has 10 heteroatoms. The van der Waals surface area contributed by atoms with E-state index in [1.54, 1.807) is 6.92 Å². The van der Waals surface area contributed by atoms with Gasteiger partial charge in [-0.25, -0.2) is 0 Å². The molecule has 9 nitrogen and oxygen atoms in total. The van der Waals surface area contributed by atoms with E-state index in [0.29, 0.717) is 27.5 Å². The zero-order valence-electron chi connectivity index (χ0n) is 11.5. The number of aromatic amines is 1. The fourth-order valence-corrected chi connectivity index (χ4v) is 2.28. The summed E-state index contributed by atoms with van der Waals surface area (Å²) in [4.78, 5) is 10.6. The molecule has 1 aliphatic heterocycles. The normalized spacial score (nSPS) is 13.9. The van der Waals surface area contributed by atoms with Crippen molar-refractivity contribution in [1.29, 1.82) is 0 Å². The lowest BCUT2D eigenvalue weighted by Crippen LogP contribution is -2.13. The quantitative estimate of drug-likeness (QED) is 0.400. The number of nitro groups is 1. The van der Waals surface area contributed by atoms with Crippen molar-refractivity contribution in [2.75, 3.05) is 6.79 Å². The summed E-state index contributed by atoms with van der Waals surface area (Å²) < 4.78 is 12.3.